The van der Waals surface area contributed by atoms with Crippen molar-refractivity contribution >= 4 is 11.6 Å². The second-order valence-electron chi connectivity index (χ2n) is 5.43. The number of hydrogen-bond acceptors (Lipinski definition) is 2. The van der Waals surface area contributed by atoms with Crippen LogP contribution in [0.2, 0.25) is 5.02 Å². The van der Waals surface area contributed by atoms with Crippen molar-refractivity contribution in [3.63, 3.8) is 0 Å². The number of rotatable bonds is 5. The van der Waals surface area contributed by atoms with E-state index in [0.717, 1.165) is 6.42 Å². The highest BCUT2D eigenvalue weighted by Crippen LogP contribution is 2.29. The van der Waals surface area contributed by atoms with Gasteiger partial charge in [-0.2, -0.15) is 0 Å². The minimum absolute atomic E-state index is 0.138. The molecular formula is C14H21ClO2. The standard InChI is InChI=1S/C14H21ClO2/c1-14(2,3)10-11-5-6-12(15)13(9-11)17-8-4-7-16/h5-6,9,16H,4,7-8,10H2,1-3H3. The number of aliphatic hydroxyl groups excluding tert-OH is 1. The molecule has 0 atom stereocenters. The third-order valence-corrected chi connectivity index (χ3v) is 2.60. The van der Waals surface area contributed by atoms with E-state index < -0.39 is 0 Å². The van der Waals surface area contributed by atoms with Crippen molar-refractivity contribution < 1.29 is 9.84 Å². The van der Waals surface area contributed by atoms with Crippen LogP contribution in [0.3, 0.4) is 0 Å². The van der Waals surface area contributed by atoms with E-state index in [4.69, 9.17) is 21.4 Å². The summed E-state index contributed by atoms with van der Waals surface area (Å²) >= 11 is 6.06. The van der Waals surface area contributed by atoms with E-state index in [9.17, 15) is 0 Å². The van der Waals surface area contributed by atoms with Gasteiger partial charge in [0.05, 0.1) is 11.6 Å². The number of benzene rings is 1. The zero-order valence-corrected chi connectivity index (χ0v) is 11.5. The lowest BCUT2D eigenvalue weighted by Crippen LogP contribution is -2.09. The molecule has 2 nitrogen and oxygen atoms in total. The largest absolute Gasteiger partial charge is 0.492 e. The average molecular weight is 257 g/mol. The topological polar surface area (TPSA) is 29.5 Å². The lowest BCUT2D eigenvalue weighted by molar-refractivity contribution is 0.233. The molecule has 0 saturated carbocycles. The highest BCUT2D eigenvalue weighted by atomic mass is 35.5. The Bertz CT molecular complexity index is 356. The van der Waals surface area contributed by atoms with Gasteiger partial charge in [-0.25, -0.2) is 0 Å². The normalized spacial score (nSPS) is 11.6. The van der Waals surface area contributed by atoms with Gasteiger partial charge in [-0.05, 0) is 29.5 Å². The van der Waals surface area contributed by atoms with Crippen LogP contribution in [0.4, 0.5) is 0 Å². The predicted octanol–water partition coefficient (Wildman–Crippen LogP) is 3.69. The monoisotopic (exact) mass is 256 g/mol. The van der Waals surface area contributed by atoms with Gasteiger partial charge < -0.3 is 9.84 Å². The van der Waals surface area contributed by atoms with Crippen LogP contribution in [0.15, 0.2) is 18.2 Å². The van der Waals surface area contributed by atoms with Gasteiger partial charge in [-0.15, -0.1) is 0 Å². The van der Waals surface area contributed by atoms with Gasteiger partial charge >= 0.3 is 0 Å². The zero-order valence-electron chi connectivity index (χ0n) is 10.8. The molecule has 0 radical (unpaired) electrons. The van der Waals surface area contributed by atoms with Gasteiger partial charge in [0, 0.05) is 13.0 Å². The number of aliphatic hydroxyl groups is 1. The number of hydrogen-bond donors (Lipinski definition) is 1. The molecule has 1 aromatic rings. The van der Waals surface area contributed by atoms with Crippen molar-refractivity contribution in [2.45, 2.75) is 33.6 Å². The Balaban J connectivity index is 2.72. The van der Waals surface area contributed by atoms with Crippen molar-refractivity contribution in [2.24, 2.45) is 5.41 Å². The van der Waals surface area contributed by atoms with Crippen LogP contribution in [0, 0.1) is 5.41 Å². The maximum atomic E-state index is 8.71. The molecule has 17 heavy (non-hydrogen) atoms. The van der Waals surface area contributed by atoms with Crippen LogP contribution < -0.4 is 4.74 Å². The molecule has 0 aliphatic carbocycles. The molecule has 1 aromatic carbocycles. The average Bonchev–Trinajstić information content (AvgIpc) is 2.21. The first kappa shape index (κ1) is 14.3. The fraction of sp³-hybridized carbons (Fsp3) is 0.571. The summed E-state index contributed by atoms with van der Waals surface area (Å²) in [7, 11) is 0. The molecule has 0 saturated heterocycles. The molecule has 0 unspecified atom stereocenters. The van der Waals surface area contributed by atoms with Gasteiger partial charge in [-0.1, -0.05) is 38.4 Å². The Morgan fingerprint density at radius 2 is 2.00 bits per heavy atom. The molecule has 1 rings (SSSR count). The Kier molecular flexibility index (Phi) is 5.29. The smallest absolute Gasteiger partial charge is 0.138 e. The van der Waals surface area contributed by atoms with Crippen molar-refractivity contribution in [2.75, 3.05) is 13.2 Å². The van der Waals surface area contributed by atoms with Crippen LogP contribution >= 0.6 is 11.6 Å². The van der Waals surface area contributed by atoms with Crippen LogP contribution in [-0.2, 0) is 6.42 Å². The molecule has 0 amide bonds. The molecule has 1 N–H and O–H groups in total. The van der Waals surface area contributed by atoms with Crippen molar-refractivity contribution in [3.8, 4) is 5.75 Å². The van der Waals surface area contributed by atoms with Crippen molar-refractivity contribution in [1.82, 2.24) is 0 Å². The molecule has 0 aromatic heterocycles. The van der Waals surface area contributed by atoms with Crippen LogP contribution in [0.5, 0.6) is 5.75 Å². The summed E-state index contributed by atoms with van der Waals surface area (Å²) < 4.78 is 5.54. The Labute approximate surface area is 109 Å². The molecule has 3 heteroatoms. The van der Waals surface area contributed by atoms with Crippen LogP contribution in [-0.4, -0.2) is 18.3 Å². The minimum atomic E-state index is 0.138. The van der Waals surface area contributed by atoms with Crippen molar-refractivity contribution in [1.29, 1.82) is 0 Å². The van der Waals surface area contributed by atoms with Gasteiger partial charge in [0.25, 0.3) is 0 Å². The quantitative estimate of drug-likeness (QED) is 0.815. The maximum Gasteiger partial charge on any atom is 0.138 e. The van der Waals surface area contributed by atoms with Crippen molar-refractivity contribution in [3.05, 3.63) is 28.8 Å². The van der Waals surface area contributed by atoms with Gasteiger partial charge in [0.2, 0.25) is 0 Å². The summed E-state index contributed by atoms with van der Waals surface area (Å²) in [6.45, 7) is 7.24. The molecule has 0 spiro atoms. The van der Waals surface area contributed by atoms with E-state index in [2.05, 4.69) is 20.8 Å². The molecule has 0 aliphatic rings. The summed E-state index contributed by atoms with van der Waals surface area (Å²) in [6, 6.07) is 5.90. The van der Waals surface area contributed by atoms with Crippen LogP contribution in [0.25, 0.3) is 0 Å². The molecular weight excluding hydrogens is 236 g/mol. The van der Waals surface area contributed by atoms with E-state index in [1.165, 1.54) is 5.56 Å². The first-order chi connectivity index (χ1) is 7.92. The second-order valence-corrected chi connectivity index (χ2v) is 5.84. The van der Waals surface area contributed by atoms with E-state index in [1.54, 1.807) is 0 Å². The summed E-state index contributed by atoms with van der Waals surface area (Å²) in [6.07, 6.45) is 1.61. The Morgan fingerprint density at radius 1 is 1.29 bits per heavy atom. The fourth-order valence-corrected chi connectivity index (χ4v) is 1.80. The SMILES string of the molecule is CC(C)(C)Cc1ccc(Cl)c(OCCCO)c1. The lowest BCUT2D eigenvalue weighted by Gasteiger charge is -2.19. The Morgan fingerprint density at radius 3 is 2.59 bits per heavy atom. The van der Waals surface area contributed by atoms with Gasteiger partial charge in [0.15, 0.2) is 0 Å². The first-order valence-electron chi connectivity index (χ1n) is 5.94. The van der Waals surface area contributed by atoms with Crippen LogP contribution in [0.1, 0.15) is 32.8 Å². The summed E-state index contributed by atoms with van der Waals surface area (Å²) in [4.78, 5) is 0. The van der Waals surface area contributed by atoms with E-state index in [0.29, 0.717) is 23.8 Å². The minimum Gasteiger partial charge on any atom is -0.492 e. The highest BCUT2D eigenvalue weighted by Gasteiger charge is 2.12. The zero-order chi connectivity index (χ0) is 12.9. The van der Waals surface area contributed by atoms with E-state index >= 15 is 0 Å². The predicted molar refractivity (Wildman–Crippen MR) is 71.8 cm³/mol. The molecule has 0 aliphatic heterocycles. The Hall–Kier alpha value is -0.730. The lowest BCUT2D eigenvalue weighted by atomic mass is 9.88. The second kappa shape index (κ2) is 6.27. The third-order valence-electron chi connectivity index (χ3n) is 2.29. The first-order valence-corrected chi connectivity index (χ1v) is 6.32. The summed E-state index contributed by atoms with van der Waals surface area (Å²) in [5.41, 5.74) is 1.47. The number of halogens is 1. The fourth-order valence-electron chi connectivity index (χ4n) is 1.63. The molecule has 0 heterocycles. The van der Waals surface area contributed by atoms with Gasteiger partial charge in [0.1, 0.15) is 5.75 Å². The van der Waals surface area contributed by atoms with E-state index in [-0.39, 0.29) is 12.0 Å². The highest BCUT2D eigenvalue weighted by molar-refractivity contribution is 6.32. The maximum absolute atomic E-state index is 8.71. The molecule has 0 bridgehead atoms. The molecule has 96 valence electrons. The summed E-state index contributed by atoms with van der Waals surface area (Å²) in [5.74, 6) is 0.710. The van der Waals surface area contributed by atoms with E-state index in [1.807, 2.05) is 18.2 Å². The van der Waals surface area contributed by atoms with Gasteiger partial charge in [-0.3, -0.25) is 0 Å². The third kappa shape index (κ3) is 5.42. The molecule has 0 fully saturated rings. The number of ether oxygens (including phenoxy) is 1. The summed E-state index contributed by atoms with van der Waals surface area (Å²) in [5, 5.41) is 9.33.